The van der Waals surface area contributed by atoms with Gasteiger partial charge >= 0.3 is 5.97 Å². The Morgan fingerprint density at radius 3 is 2.61 bits per heavy atom. The number of ether oxygens (including phenoxy) is 2. The third kappa shape index (κ3) is 4.94. The number of para-hydroxylation sites is 1. The topological polar surface area (TPSA) is 77.5 Å². The molecule has 1 aromatic heterocycles. The molecule has 144 valence electrons. The number of esters is 1. The van der Waals surface area contributed by atoms with Gasteiger partial charge in [0.25, 0.3) is 5.91 Å². The average Bonchev–Trinajstić information content (AvgIpc) is 2.72. The third-order valence-corrected chi connectivity index (χ3v) is 4.57. The minimum atomic E-state index is -0.571. The Bertz CT molecular complexity index is 989. The number of aromatic nitrogens is 1. The van der Waals surface area contributed by atoms with Crippen molar-refractivity contribution in [3.8, 4) is 11.3 Å². The third-order valence-electron chi connectivity index (χ3n) is 4.04. The molecule has 3 rings (SSSR count). The number of fused-ring (bicyclic) bond motifs is 1. The van der Waals surface area contributed by atoms with E-state index in [2.05, 4.69) is 26.2 Å². The summed E-state index contributed by atoms with van der Waals surface area (Å²) in [5.74, 6) is -0.948. The van der Waals surface area contributed by atoms with E-state index >= 15 is 0 Å². The summed E-state index contributed by atoms with van der Waals surface area (Å²) in [4.78, 5) is 29.1. The van der Waals surface area contributed by atoms with Crippen molar-refractivity contribution in [2.75, 3.05) is 26.9 Å². The number of methoxy groups -OCH3 is 1. The lowest BCUT2D eigenvalue weighted by atomic mass is 10.0. The molecule has 0 saturated carbocycles. The molecule has 7 heteroatoms. The smallest absolute Gasteiger partial charge is 0.339 e. The molecule has 28 heavy (non-hydrogen) atoms. The zero-order valence-electron chi connectivity index (χ0n) is 15.3. The molecule has 3 aromatic rings. The van der Waals surface area contributed by atoms with Crippen molar-refractivity contribution >= 4 is 38.7 Å². The van der Waals surface area contributed by atoms with Gasteiger partial charge in [-0.2, -0.15) is 0 Å². The number of rotatable bonds is 7. The molecule has 0 aliphatic rings. The summed E-state index contributed by atoms with van der Waals surface area (Å²) in [7, 11) is 1.55. The van der Waals surface area contributed by atoms with Crippen LogP contribution in [0.1, 0.15) is 10.4 Å². The highest BCUT2D eigenvalue weighted by molar-refractivity contribution is 9.10. The molecule has 0 saturated heterocycles. The fourth-order valence-corrected chi connectivity index (χ4v) is 2.93. The SMILES string of the molecule is COCCNC(=O)COC(=O)c1cc(-c2ccc(Br)cc2)nc2ccccc12. The molecule has 0 radical (unpaired) electrons. The Morgan fingerprint density at radius 2 is 1.86 bits per heavy atom. The zero-order valence-corrected chi connectivity index (χ0v) is 16.9. The molecule has 0 aliphatic carbocycles. The summed E-state index contributed by atoms with van der Waals surface area (Å²) in [5, 5.41) is 3.29. The molecule has 0 fully saturated rings. The van der Waals surface area contributed by atoms with Crippen molar-refractivity contribution in [2.45, 2.75) is 0 Å². The van der Waals surface area contributed by atoms with E-state index in [9.17, 15) is 9.59 Å². The molecule has 0 atom stereocenters. The van der Waals surface area contributed by atoms with Crippen LogP contribution >= 0.6 is 15.9 Å². The van der Waals surface area contributed by atoms with Gasteiger partial charge in [0.1, 0.15) is 0 Å². The number of carbonyl (C=O) groups is 2. The minimum absolute atomic E-state index is 0.354. The van der Waals surface area contributed by atoms with Gasteiger partial charge in [0.15, 0.2) is 6.61 Å². The number of nitrogens with zero attached hydrogens (tertiary/aromatic N) is 1. The Labute approximate surface area is 171 Å². The first kappa shape index (κ1) is 20.0. The lowest BCUT2D eigenvalue weighted by molar-refractivity contribution is -0.124. The molecule has 1 amide bonds. The first-order chi connectivity index (χ1) is 13.6. The fourth-order valence-electron chi connectivity index (χ4n) is 2.67. The van der Waals surface area contributed by atoms with Crippen LogP contribution < -0.4 is 5.32 Å². The molecule has 0 bridgehead atoms. The second-order valence-corrected chi connectivity index (χ2v) is 6.91. The van der Waals surface area contributed by atoms with Crippen LogP contribution in [-0.4, -0.2) is 43.7 Å². The standard InChI is InChI=1S/C21H19BrN2O4/c1-27-11-10-23-20(25)13-28-21(26)17-12-19(14-6-8-15(22)9-7-14)24-18-5-3-2-4-16(17)18/h2-9,12H,10-11,13H2,1H3,(H,23,25). The Balaban J connectivity index is 1.85. The lowest BCUT2D eigenvalue weighted by Crippen LogP contribution is -2.31. The molecule has 2 aromatic carbocycles. The van der Waals surface area contributed by atoms with E-state index < -0.39 is 5.97 Å². The Hall–Kier alpha value is -2.77. The minimum Gasteiger partial charge on any atom is -0.452 e. The molecule has 1 heterocycles. The fraction of sp³-hybridized carbons (Fsp3) is 0.190. The summed E-state index contributed by atoms with van der Waals surface area (Å²) in [6, 6.07) is 16.7. The van der Waals surface area contributed by atoms with Gasteiger partial charge < -0.3 is 14.8 Å². The maximum Gasteiger partial charge on any atom is 0.339 e. The lowest BCUT2D eigenvalue weighted by Gasteiger charge is -2.10. The van der Waals surface area contributed by atoms with Gasteiger partial charge in [-0.05, 0) is 24.3 Å². The van der Waals surface area contributed by atoms with Gasteiger partial charge in [0.2, 0.25) is 0 Å². The molecule has 6 nitrogen and oxygen atoms in total. The number of pyridine rings is 1. The molecule has 0 aliphatic heterocycles. The first-order valence-electron chi connectivity index (χ1n) is 8.67. The molecule has 1 N–H and O–H groups in total. The van der Waals surface area contributed by atoms with Crippen LogP contribution in [0.2, 0.25) is 0 Å². The van der Waals surface area contributed by atoms with Crippen molar-refractivity contribution in [1.29, 1.82) is 0 Å². The van der Waals surface area contributed by atoms with Crippen molar-refractivity contribution in [2.24, 2.45) is 0 Å². The summed E-state index contributed by atoms with van der Waals surface area (Å²) < 4.78 is 11.0. The predicted octanol–water partition coefficient (Wildman–Crippen LogP) is 3.58. The van der Waals surface area contributed by atoms with Crippen LogP contribution in [0.4, 0.5) is 0 Å². The number of hydrogen-bond donors (Lipinski definition) is 1. The van der Waals surface area contributed by atoms with Gasteiger partial charge in [-0.1, -0.05) is 46.3 Å². The van der Waals surface area contributed by atoms with E-state index in [-0.39, 0.29) is 12.5 Å². The average molecular weight is 443 g/mol. The van der Waals surface area contributed by atoms with Crippen molar-refractivity contribution < 1.29 is 19.1 Å². The number of halogens is 1. The highest BCUT2D eigenvalue weighted by Gasteiger charge is 2.16. The molecular formula is C21H19BrN2O4. The second kappa shape index (κ2) is 9.43. The van der Waals surface area contributed by atoms with Crippen LogP contribution in [0, 0.1) is 0 Å². The van der Waals surface area contributed by atoms with Crippen molar-refractivity contribution in [3.05, 3.63) is 64.6 Å². The Kier molecular flexibility index (Phi) is 6.73. The summed E-state index contributed by atoms with van der Waals surface area (Å²) in [6.07, 6.45) is 0. The van der Waals surface area contributed by atoms with Crippen molar-refractivity contribution in [3.63, 3.8) is 0 Å². The monoisotopic (exact) mass is 442 g/mol. The van der Waals surface area contributed by atoms with Gasteiger partial charge in [-0.25, -0.2) is 9.78 Å². The van der Waals surface area contributed by atoms with Crippen LogP contribution in [0.25, 0.3) is 22.2 Å². The summed E-state index contributed by atoms with van der Waals surface area (Å²) in [5.41, 5.74) is 2.58. The van der Waals surface area contributed by atoms with E-state index in [1.807, 2.05) is 48.5 Å². The van der Waals surface area contributed by atoms with Gasteiger partial charge in [0.05, 0.1) is 23.4 Å². The normalized spacial score (nSPS) is 10.6. The highest BCUT2D eigenvalue weighted by atomic mass is 79.9. The molecular weight excluding hydrogens is 424 g/mol. The van der Waals surface area contributed by atoms with Crippen LogP contribution in [-0.2, 0) is 14.3 Å². The van der Waals surface area contributed by atoms with E-state index in [0.717, 1.165) is 10.0 Å². The molecule has 0 spiro atoms. The number of hydrogen-bond acceptors (Lipinski definition) is 5. The second-order valence-electron chi connectivity index (χ2n) is 6.00. The maximum absolute atomic E-state index is 12.7. The van der Waals surface area contributed by atoms with E-state index in [0.29, 0.717) is 35.3 Å². The largest absolute Gasteiger partial charge is 0.452 e. The number of benzene rings is 2. The quantitative estimate of drug-likeness (QED) is 0.446. The summed E-state index contributed by atoms with van der Waals surface area (Å²) >= 11 is 3.41. The van der Waals surface area contributed by atoms with Crippen LogP contribution in [0.15, 0.2) is 59.1 Å². The molecule has 0 unspecified atom stereocenters. The number of amides is 1. The van der Waals surface area contributed by atoms with E-state index in [1.54, 1.807) is 13.2 Å². The van der Waals surface area contributed by atoms with Gasteiger partial charge in [0, 0.05) is 29.1 Å². The predicted molar refractivity (Wildman–Crippen MR) is 110 cm³/mol. The van der Waals surface area contributed by atoms with Crippen molar-refractivity contribution in [1.82, 2.24) is 10.3 Å². The van der Waals surface area contributed by atoms with Crippen LogP contribution in [0.5, 0.6) is 0 Å². The van der Waals surface area contributed by atoms with E-state index in [1.165, 1.54) is 0 Å². The first-order valence-corrected chi connectivity index (χ1v) is 9.46. The highest BCUT2D eigenvalue weighted by Crippen LogP contribution is 2.26. The van der Waals surface area contributed by atoms with Crippen LogP contribution in [0.3, 0.4) is 0 Å². The van der Waals surface area contributed by atoms with E-state index in [4.69, 9.17) is 9.47 Å². The summed E-state index contributed by atoms with van der Waals surface area (Å²) in [6.45, 7) is 0.400. The maximum atomic E-state index is 12.7. The zero-order chi connectivity index (χ0) is 19.9. The number of carbonyl (C=O) groups excluding carboxylic acids is 2. The number of nitrogens with one attached hydrogen (secondary N) is 1. The Morgan fingerprint density at radius 1 is 1.11 bits per heavy atom. The van der Waals surface area contributed by atoms with Gasteiger partial charge in [-0.15, -0.1) is 0 Å². The van der Waals surface area contributed by atoms with Gasteiger partial charge in [-0.3, -0.25) is 4.79 Å².